The lowest BCUT2D eigenvalue weighted by Crippen LogP contribution is -2.62. The summed E-state index contributed by atoms with van der Waals surface area (Å²) in [5.41, 5.74) is -0.0162. The zero-order valence-electron chi connectivity index (χ0n) is 14.8. The molecule has 2 heterocycles. The summed E-state index contributed by atoms with van der Waals surface area (Å²) in [5.74, 6) is 1.73. The van der Waals surface area contributed by atoms with Crippen LogP contribution < -0.4 is 0 Å². The number of aromatic nitrogens is 1. The highest BCUT2D eigenvalue weighted by atomic mass is 16.5. The number of hydrogen-bond donors (Lipinski definition) is 1. The van der Waals surface area contributed by atoms with Crippen molar-refractivity contribution in [2.45, 2.75) is 71.1 Å². The molecule has 2 atom stereocenters. The standard InChI is InChI=1S/C18H30N2O3/c1-5-22-14-10-13(21)18(14)6-8-20(9-7-18)12-16-19-11-15(23-16)17(2,3)4/h11,13-14,21H,5-10,12H2,1-4H3. The van der Waals surface area contributed by atoms with Gasteiger partial charge < -0.3 is 14.3 Å². The molecule has 3 rings (SSSR count). The van der Waals surface area contributed by atoms with Crippen LogP contribution in [0.1, 0.15) is 58.6 Å². The number of nitrogens with zero attached hydrogens (tertiary/aromatic N) is 2. The van der Waals surface area contributed by atoms with E-state index in [1.54, 1.807) is 0 Å². The first-order chi connectivity index (χ1) is 10.8. The van der Waals surface area contributed by atoms with Crippen molar-refractivity contribution in [3.63, 3.8) is 0 Å². The Morgan fingerprint density at radius 3 is 2.61 bits per heavy atom. The summed E-state index contributed by atoms with van der Waals surface area (Å²) in [7, 11) is 0. The molecule has 0 aromatic carbocycles. The quantitative estimate of drug-likeness (QED) is 0.923. The van der Waals surface area contributed by atoms with Crippen LogP contribution in [0.4, 0.5) is 0 Å². The Morgan fingerprint density at radius 1 is 1.39 bits per heavy atom. The van der Waals surface area contributed by atoms with Crippen LogP contribution in [0.15, 0.2) is 10.6 Å². The molecule has 1 aliphatic carbocycles. The third-order valence-electron chi connectivity index (χ3n) is 5.55. The summed E-state index contributed by atoms with van der Waals surface area (Å²) >= 11 is 0. The molecule has 1 aromatic rings. The molecule has 0 bridgehead atoms. The zero-order valence-corrected chi connectivity index (χ0v) is 14.8. The van der Waals surface area contributed by atoms with Gasteiger partial charge in [0.15, 0.2) is 0 Å². The molecular formula is C18H30N2O3. The van der Waals surface area contributed by atoms with Gasteiger partial charge in [0.25, 0.3) is 0 Å². The minimum Gasteiger partial charge on any atom is -0.444 e. The number of hydrogen-bond acceptors (Lipinski definition) is 5. The second-order valence-electron chi connectivity index (χ2n) is 8.07. The second kappa shape index (κ2) is 6.19. The predicted octanol–water partition coefficient (Wildman–Crippen LogP) is 2.72. The molecular weight excluding hydrogens is 292 g/mol. The smallest absolute Gasteiger partial charge is 0.208 e. The Balaban J connectivity index is 1.56. The van der Waals surface area contributed by atoms with Crippen LogP contribution in [-0.2, 0) is 16.7 Å². The molecule has 1 N–H and O–H groups in total. The molecule has 0 amide bonds. The van der Waals surface area contributed by atoms with E-state index >= 15 is 0 Å². The summed E-state index contributed by atoms with van der Waals surface area (Å²) in [4.78, 5) is 6.80. The molecule has 0 radical (unpaired) electrons. The normalized spacial score (nSPS) is 28.0. The van der Waals surface area contributed by atoms with Crippen LogP contribution in [0.2, 0.25) is 0 Å². The fraction of sp³-hybridized carbons (Fsp3) is 0.833. The van der Waals surface area contributed by atoms with E-state index in [-0.39, 0.29) is 23.0 Å². The number of aliphatic hydroxyl groups excluding tert-OH is 1. The molecule has 5 nitrogen and oxygen atoms in total. The van der Waals surface area contributed by atoms with E-state index in [1.807, 2.05) is 13.1 Å². The third kappa shape index (κ3) is 3.19. The fourth-order valence-corrected chi connectivity index (χ4v) is 3.87. The maximum atomic E-state index is 10.3. The number of piperidine rings is 1. The van der Waals surface area contributed by atoms with Crippen molar-refractivity contribution in [3.8, 4) is 0 Å². The van der Waals surface area contributed by atoms with Crippen molar-refractivity contribution in [3.05, 3.63) is 17.8 Å². The Morgan fingerprint density at radius 2 is 2.09 bits per heavy atom. The lowest BCUT2D eigenvalue weighted by atomic mass is 9.58. The van der Waals surface area contributed by atoms with Crippen LogP contribution in [0.5, 0.6) is 0 Å². The van der Waals surface area contributed by atoms with Gasteiger partial charge in [0.05, 0.1) is 24.9 Å². The van der Waals surface area contributed by atoms with Gasteiger partial charge in [0.1, 0.15) is 5.76 Å². The molecule has 1 spiro atoms. The van der Waals surface area contributed by atoms with Crippen molar-refractivity contribution in [1.29, 1.82) is 0 Å². The Labute approximate surface area is 139 Å². The first-order valence-electron chi connectivity index (χ1n) is 8.82. The topological polar surface area (TPSA) is 58.7 Å². The number of ether oxygens (including phenoxy) is 1. The Hall–Kier alpha value is -0.910. The van der Waals surface area contributed by atoms with Crippen LogP contribution in [0, 0.1) is 5.41 Å². The average Bonchev–Trinajstić information content (AvgIpc) is 2.97. The number of aliphatic hydroxyl groups is 1. The fourth-order valence-electron chi connectivity index (χ4n) is 3.87. The SMILES string of the molecule is CCOC1CC(O)C12CCN(Cc1ncc(C(C)(C)C)o1)CC2. The maximum Gasteiger partial charge on any atom is 0.208 e. The van der Waals surface area contributed by atoms with Gasteiger partial charge in [-0.1, -0.05) is 20.8 Å². The molecule has 130 valence electrons. The van der Waals surface area contributed by atoms with E-state index in [4.69, 9.17) is 9.15 Å². The Bertz CT molecular complexity index is 525. The van der Waals surface area contributed by atoms with Gasteiger partial charge in [-0.15, -0.1) is 0 Å². The van der Waals surface area contributed by atoms with Crippen LogP contribution in [0.25, 0.3) is 0 Å². The van der Waals surface area contributed by atoms with Crippen LogP contribution >= 0.6 is 0 Å². The summed E-state index contributed by atoms with van der Waals surface area (Å²) < 4.78 is 11.7. The maximum absolute atomic E-state index is 10.3. The van der Waals surface area contributed by atoms with E-state index in [0.717, 1.165) is 57.2 Å². The number of likely N-dealkylation sites (tertiary alicyclic amines) is 1. The van der Waals surface area contributed by atoms with Crippen molar-refractivity contribution < 1.29 is 14.3 Å². The van der Waals surface area contributed by atoms with Crippen molar-refractivity contribution >= 4 is 0 Å². The summed E-state index contributed by atoms with van der Waals surface area (Å²) in [5, 5.41) is 10.3. The average molecular weight is 322 g/mol. The summed E-state index contributed by atoms with van der Waals surface area (Å²) in [6, 6.07) is 0. The van der Waals surface area contributed by atoms with Gasteiger partial charge in [0, 0.05) is 23.9 Å². The third-order valence-corrected chi connectivity index (χ3v) is 5.55. The van der Waals surface area contributed by atoms with Crippen molar-refractivity contribution in [2.75, 3.05) is 19.7 Å². The minimum absolute atomic E-state index is 0.00202. The number of oxazole rings is 1. The van der Waals surface area contributed by atoms with Gasteiger partial charge in [0.2, 0.25) is 5.89 Å². The summed E-state index contributed by atoms with van der Waals surface area (Å²) in [6.07, 6.45) is 4.66. The van der Waals surface area contributed by atoms with Crippen molar-refractivity contribution in [2.24, 2.45) is 5.41 Å². The van der Waals surface area contributed by atoms with E-state index < -0.39 is 0 Å². The molecule has 1 saturated carbocycles. The highest BCUT2D eigenvalue weighted by Crippen LogP contribution is 2.51. The second-order valence-corrected chi connectivity index (χ2v) is 8.07. The molecule has 5 heteroatoms. The molecule has 1 aromatic heterocycles. The van der Waals surface area contributed by atoms with Gasteiger partial charge in [-0.25, -0.2) is 4.98 Å². The van der Waals surface area contributed by atoms with Gasteiger partial charge >= 0.3 is 0 Å². The summed E-state index contributed by atoms with van der Waals surface area (Å²) in [6.45, 7) is 11.8. The zero-order chi connectivity index (χ0) is 16.7. The minimum atomic E-state index is -0.199. The van der Waals surface area contributed by atoms with Gasteiger partial charge in [-0.2, -0.15) is 0 Å². The van der Waals surface area contributed by atoms with Gasteiger partial charge in [-0.3, -0.25) is 4.90 Å². The molecule has 2 fully saturated rings. The molecule has 1 saturated heterocycles. The molecule has 1 aliphatic heterocycles. The van der Waals surface area contributed by atoms with E-state index in [1.165, 1.54) is 0 Å². The largest absolute Gasteiger partial charge is 0.444 e. The van der Waals surface area contributed by atoms with E-state index in [0.29, 0.717) is 0 Å². The van der Waals surface area contributed by atoms with Crippen molar-refractivity contribution in [1.82, 2.24) is 9.88 Å². The highest BCUT2D eigenvalue weighted by molar-refractivity contribution is 5.08. The molecule has 2 aliphatic rings. The monoisotopic (exact) mass is 322 g/mol. The predicted molar refractivity (Wildman–Crippen MR) is 88.2 cm³/mol. The first-order valence-corrected chi connectivity index (χ1v) is 8.82. The molecule has 2 unspecified atom stereocenters. The number of rotatable bonds is 4. The highest BCUT2D eigenvalue weighted by Gasteiger charge is 2.55. The molecule has 23 heavy (non-hydrogen) atoms. The van der Waals surface area contributed by atoms with Gasteiger partial charge in [-0.05, 0) is 32.9 Å². The Kier molecular flexibility index (Phi) is 4.55. The van der Waals surface area contributed by atoms with Crippen LogP contribution in [-0.4, -0.2) is 46.9 Å². The lowest BCUT2D eigenvalue weighted by Gasteiger charge is -2.56. The van der Waals surface area contributed by atoms with E-state index in [9.17, 15) is 5.11 Å². The van der Waals surface area contributed by atoms with Crippen LogP contribution in [0.3, 0.4) is 0 Å². The van der Waals surface area contributed by atoms with E-state index in [2.05, 4.69) is 30.7 Å². The first kappa shape index (κ1) is 16.9. The lowest BCUT2D eigenvalue weighted by molar-refractivity contribution is -0.210.